The van der Waals surface area contributed by atoms with Crippen molar-refractivity contribution in [1.82, 2.24) is 4.98 Å². The molecule has 0 saturated carbocycles. The number of hydrogen-bond acceptors (Lipinski definition) is 5. The van der Waals surface area contributed by atoms with Gasteiger partial charge in [0, 0.05) is 23.6 Å². The summed E-state index contributed by atoms with van der Waals surface area (Å²) in [5.41, 5.74) is 1.59. The fourth-order valence-corrected chi connectivity index (χ4v) is 2.73. The molecule has 0 aliphatic rings. The van der Waals surface area contributed by atoms with Crippen LogP contribution in [0, 0.1) is 0 Å². The van der Waals surface area contributed by atoms with E-state index in [1.165, 1.54) is 24.6 Å². The first-order chi connectivity index (χ1) is 12.2. The van der Waals surface area contributed by atoms with Gasteiger partial charge in [0.05, 0.1) is 17.6 Å². The van der Waals surface area contributed by atoms with Crippen molar-refractivity contribution in [3.63, 3.8) is 0 Å². The molecule has 126 valence electrons. The molecule has 0 unspecified atom stereocenters. The van der Waals surface area contributed by atoms with Gasteiger partial charge in [-0.3, -0.25) is 9.59 Å². The number of rotatable bonds is 5. The summed E-state index contributed by atoms with van der Waals surface area (Å²) in [6, 6.07) is 13.8. The third-order valence-electron chi connectivity index (χ3n) is 3.33. The third-order valence-corrected chi connectivity index (χ3v) is 4.20. The molecule has 2 amide bonds. The minimum Gasteiger partial charge on any atom is -0.481 e. The Morgan fingerprint density at radius 2 is 1.76 bits per heavy atom. The van der Waals surface area contributed by atoms with E-state index >= 15 is 0 Å². The highest BCUT2D eigenvalue weighted by atomic mass is 32.1. The van der Waals surface area contributed by atoms with Gasteiger partial charge in [0.25, 0.3) is 11.8 Å². The van der Waals surface area contributed by atoms with Crippen molar-refractivity contribution >= 4 is 34.5 Å². The zero-order valence-corrected chi connectivity index (χ0v) is 14.2. The fraction of sp³-hybridized carbons (Fsp3) is 0.0556. The maximum Gasteiger partial charge on any atom is 0.265 e. The van der Waals surface area contributed by atoms with Crippen LogP contribution in [0.25, 0.3) is 0 Å². The Labute approximate surface area is 148 Å². The van der Waals surface area contributed by atoms with E-state index in [0.29, 0.717) is 27.7 Å². The first kappa shape index (κ1) is 16.7. The molecule has 0 atom stereocenters. The number of carbonyl (C=O) groups is 2. The molecule has 2 N–H and O–H groups in total. The van der Waals surface area contributed by atoms with Crippen LogP contribution in [-0.4, -0.2) is 23.9 Å². The average Bonchev–Trinajstić information content (AvgIpc) is 3.17. The van der Waals surface area contributed by atoms with Crippen LogP contribution in [0.2, 0.25) is 0 Å². The molecule has 3 rings (SSSR count). The number of amides is 2. The molecule has 25 heavy (non-hydrogen) atoms. The fourth-order valence-electron chi connectivity index (χ4n) is 2.11. The van der Waals surface area contributed by atoms with E-state index in [9.17, 15) is 9.59 Å². The maximum atomic E-state index is 12.3. The highest BCUT2D eigenvalue weighted by Gasteiger charge is 2.09. The molecule has 0 spiro atoms. The lowest BCUT2D eigenvalue weighted by Crippen LogP contribution is -2.13. The largest absolute Gasteiger partial charge is 0.481 e. The van der Waals surface area contributed by atoms with Crippen LogP contribution in [0.15, 0.2) is 60.1 Å². The molecular weight excluding hydrogens is 338 g/mol. The Morgan fingerprint density at radius 1 is 1.00 bits per heavy atom. The van der Waals surface area contributed by atoms with Crippen LogP contribution in [0.4, 0.5) is 11.4 Å². The quantitative estimate of drug-likeness (QED) is 0.734. The van der Waals surface area contributed by atoms with Crippen molar-refractivity contribution in [3.05, 3.63) is 70.5 Å². The van der Waals surface area contributed by atoms with Crippen LogP contribution in [-0.2, 0) is 0 Å². The van der Waals surface area contributed by atoms with Crippen LogP contribution >= 0.6 is 11.3 Å². The molecule has 6 nitrogen and oxygen atoms in total. The molecular formula is C18H15N3O3S. The zero-order valence-electron chi connectivity index (χ0n) is 13.4. The van der Waals surface area contributed by atoms with Gasteiger partial charge in [0.15, 0.2) is 0 Å². The lowest BCUT2D eigenvalue weighted by molar-refractivity contribution is 0.102. The van der Waals surface area contributed by atoms with Crippen molar-refractivity contribution in [2.45, 2.75) is 0 Å². The number of carbonyl (C=O) groups excluding carboxylic acids is 2. The summed E-state index contributed by atoms with van der Waals surface area (Å²) in [4.78, 5) is 29.0. The standard InChI is InChI=1S/C18H15N3O3S/c1-24-16-8-7-12(11-19-16)17(22)20-13-4-2-5-14(10-13)21-18(23)15-6-3-9-25-15/h2-11H,1H3,(H,20,22)(H,21,23). The van der Waals surface area contributed by atoms with Crippen LogP contribution in [0.3, 0.4) is 0 Å². The first-order valence-electron chi connectivity index (χ1n) is 7.42. The summed E-state index contributed by atoms with van der Waals surface area (Å²) in [5, 5.41) is 7.42. The normalized spacial score (nSPS) is 10.1. The predicted octanol–water partition coefficient (Wildman–Crippen LogP) is 3.66. The lowest BCUT2D eigenvalue weighted by atomic mass is 10.2. The van der Waals surface area contributed by atoms with Gasteiger partial charge in [0.1, 0.15) is 0 Å². The van der Waals surface area contributed by atoms with Gasteiger partial charge in [0.2, 0.25) is 5.88 Å². The molecule has 1 aromatic carbocycles. The van der Waals surface area contributed by atoms with Gasteiger partial charge in [-0.2, -0.15) is 0 Å². The number of thiophene rings is 1. The van der Waals surface area contributed by atoms with Crippen molar-refractivity contribution in [2.75, 3.05) is 17.7 Å². The predicted molar refractivity (Wildman–Crippen MR) is 97.5 cm³/mol. The first-order valence-corrected chi connectivity index (χ1v) is 8.30. The summed E-state index contributed by atoms with van der Waals surface area (Å²) in [6.07, 6.45) is 1.44. The molecule has 7 heteroatoms. The number of ether oxygens (including phenoxy) is 1. The molecule has 0 radical (unpaired) electrons. The topological polar surface area (TPSA) is 80.3 Å². The monoisotopic (exact) mass is 353 g/mol. The Morgan fingerprint density at radius 3 is 2.36 bits per heavy atom. The van der Waals surface area contributed by atoms with Gasteiger partial charge in [-0.1, -0.05) is 12.1 Å². The molecule has 0 fully saturated rings. The van der Waals surface area contributed by atoms with Gasteiger partial charge in [-0.05, 0) is 35.7 Å². The van der Waals surface area contributed by atoms with E-state index in [1.54, 1.807) is 42.5 Å². The Kier molecular flexibility index (Phi) is 5.06. The number of nitrogens with one attached hydrogen (secondary N) is 2. The highest BCUT2D eigenvalue weighted by molar-refractivity contribution is 7.12. The van der Waals surface area contributed by atoms with E-state index < -0.39 is 0 Å². The minimum atomic E-state index is -0.295. The number of nitrogens with zero attached hydrogens (tertiary/aromatic N) is 1. The zero-order chi connectivity index (χ0) is 17.6. The maximum absolute atomic E-state index is 12.3. The molecule has 2 aromatic heterocycles. The van der Waals surface area contributed by atoms with Gasteiger partial charge < -0.3 is 15.4 Å². The molecule has 0 bridgehead atoms. The van der Waals surface area contributed by atoms with Crippen molar-refractivity contribution < 1.29 is 14.3 Å². The summed E-state index contributed by atoms with van der Waals surface area (Å²) < 4.78 is 4.97. The van der Waals surface area contributed by atoms with Crippen LogP contribution < -0.4 is 15.4 Å². The summed E-state index contributed by atoms with van der Waals surface area (Å²) in [5.74, 6) is -0.0374. The molecule has 0 aliphatic carbocycles. The number of hydrogen-bond donors (Lipinski definition) is 2. The van der Waals surface area contributed by atoms with E-state index in [1.807, 2.05) is 11.4 Å². The van der Waals surface area contributed by atoms with Crippen molar-refractivity contribution in [2.24, 2.45) is 0 Å². The van der Waals surface area contributed by atoms with Crippen molar-refractivity contribution in [1.29, 1.82) is 0 Å². The third kappa shape index (κ3) is 4.21. The number of benzene rings is 1. The van der Waals surface area contributed by atoms with E-state index in [0.717, 1.165) is 0 Å². The van der Waals surface area contributed by atoms with E-state index in [2.05, 4.69) is 15.6 Å². The Hall–Kier alpha value is -3.19. The van der Waals surface area contributed by atoms with Gasteiger partial charge in [-0.25, -0.2) is 4.98 Å². The molecule has 3 aromatic rings. The Balaban J connectivity index is 1.68. The smallest absolute Gasteiger partial charge is 0.265 e. The number of anilines is 2. The number of aromatic nitrogens is 1. The summed E-state index contributed by atoms with van der Waals surface area (Å²) in [6.45, 7) is 0. The minimum absolute atomic E-state index is 0.183. The molecule has 0 aliphatic heterocycles. The van der Waals surface area contributed by atoms with Gasteiger partial charge in [-0.15, -0.1) is 11.3 Å². The summed E-state index contributed by atoms with van der Waals surface area (Å²) in [7, 11) is 1.51. The second-order valence-corrected chi connectivity index (χ2v) is 6.00. The summed E-state index contributed by atoms with van der Waals surface area (Å²) >= 11 is 1.37. The second-order valence-electron chi connectivity index (χ2n) is 5.06. The molecule has 0 saturated heterocycles. The number of pyridine rings is 1. The van der Waals surface area contributed by atoms with Crippen LogP contribution in [0.5, 0.6) is 5.88 Å². The molecule has 2 heterocycles. The number of methoxy groups -OCH3 is 1. The second kappa shape index (κ2) is 7.59. The Bertz CT molecular complexity index is 877. The van der Waals surface area contributed by atoms with E-state index in [4.69, 9.17) is 4.74 Å². The highest BCUT2D eigenvalue weighted by Crippen LogP contribution is 2.18. The lowest BCUT2D eigenvalue weighted by Gasteiger charge is -2.08. The van der Waals surface area contributed by atoms with E-state index in [-0.39, 0.29) is 11.8 Å². The average molecular weight is 353 g/mol. The SMILES string of the molecule is COc1ccc(C(=O)Nc2cccc(NC(=O)c3cccs3)c2)cn1. The van der Waals surface area contributed by atoms with Crippen molar-refractivity contribution in [3.8, 4) is 5.88 Å². The van der Waals surface area contributed by atoms with Crippen LogP contribution in [0.1, 0.15) is 20.0 Å². The van der Waals surface area contributed by atoms with Gasteiger partial charge >= 0.3 is 0 Å².